The van der Waals surface area contributed by atoms with Crippen molar-refractivity contribution in [3.05, 3.63) is 28.2 Å². The summed E-state index contributed by atoms with van der Waals surface area (Å²) in [5, 5.41) is 6.03. The Labute approximate surface area is 135 Å². The number of carbonyl (C=O) groups excluding carboxylic acids is 1. The second-order valence-electron chi connectivity index (χ2n) is 5.40. The zero-order valence-corrected chi connectivity index (χ0v) is 14.6. The van der Waals surface area contributed by atoms with Crippen molar-refractivity contribution >= 4 is 21.8 Å². The van der Waals surface area contributed by atoms with Crippen molar-refractivity contribution in [2.24, 2.45) is 5.92 Å². The molecule has 0 radical (unpaired) electrons. The molecule has 0 spiro atoms. The van der Waals surface area contributed by atoms with E-state index in [1.54, 1.807) is 7.05 Å². The van der Waals surface area contributed by atoms with E-state index in [4.69, 9.17) is 4.74 Å². The number of carbonyl (C=O) groups is 1. The third kappa shape index (κ3) is 7.48. The van der Waals surface area contributed by atoms with E-state index in [2.05, 4.69) is 46.5 Å². The van der Waals surface area contributed by atoms with Crippen LogP contribution in [0.15, 0.2) is 22.7 Å². The van der Waals surface area contributed by atoms with Gasteiger partial charge in [0.2, 0.25) is 5.91 Å². The van der Waals surface area contributed by atoms with E-state index < -0.39 is 0 Å². The average Bonchev–Trinajstić information content (AvgIpc) is 2.44. The third-order valence-electron chi connectivity index (χ3n) is 2.98. The fraction of sp³-hybridized carbons (Fsp3) is 0.562. The summed E-state index contributed by atoms with van der Waals surface area (Å²) in [6.45, 7) is 6.67. The second-order valence-corrected chi connectivity index (χ2v) is 6.32. The predicted octanol–water partition coefficient (Wildman–Crippen LogP) is 3.10. The molecule has 0 saturated carbocycles. The van der Waals surface area contributed by atoms with Gasteiger partial charge >= 0.3 is 0 Å². The van der Waals surface area contributed by atoms with E-state index in [-0.39, 0.29) is 5.91 Å². The molecule has 0 aliphatic heterocycles. The minimum atomic E-state index is 0.0493. The standard InChI is InChI=1S/C16H25BrN2O2/c1-12(2)10-19-11-13-9-14(17)6-7-15(13)21-8-4-5-16(20)18-3/h6-7,9,12,19H,4-5,8,10-11H2,1-3H3,(H,18,20). The molecule has 0 fully saturated rings. The first kappa shape index (κ1) is 18.0. The van der Waals surface area contributed by atoms with E-state index in [1.807, 2.05) is 12.1 Å². The minimum Gasteiger partial charge on any atom is -0.493 e. The van der Waals surface area contributed by atoms with Gasteiger partial charge in [0.15, 0.2) is 0 Å². The number of nitrogens with one attached hydrogen (secondary N) is 2. The van der Waals surface area contributed by atoms with Gasteiger partial charge in [0, 0.05) is 30.0 Å². The van der Waals surface area contributed by atoms with E-state index in [9.17, 15) is 4.79 Å². The van der Waals surface area contributed by atoms with Crippen LogP contribution in [0.3, 0.4) is 0 Å². The Morgan fingerprint density at radius 2 is 2.14 bits per heavy atom. The van der Waals surface area contributed by atoms with Crippen molar-refractivity contribution in [3.8, 4) is 5.75 Å². The van der Waals surface area contributed by atoms with Crippen molar-refractivity contribution in [2.75, 3.05) is 20.2 Å². The predicted molar refractivity (Wildman–Crippen MR) is 89.5 cm³/mol. The molecule has 4 nitrogen and oxygen atoms in total. The van der Waals surface area contributed by atoms with Crippen LogP contribution in [0.4, 0.5) is 0 Å². The van der Waals surface area contributed by atoms with Crippen molar-refractivity contribution in [1.29, 1.82) is 0 Å². The smallest absolute Gasteiger partial charge is 0.219 e. The maximum absolute atomic E-state index is 11.2. The first-order chi connectivity index (χ1) is 10.0. The van der Waals surface area contributed by atoms with Crippen LogP contribution in [0.25, 0.3) is 0 Å². The summed E-state index contributed by atoms with van der Waals surface area (Å²) in [5.74, 6) is 1.55. The van der Waals surface area contributed by atoms with Crippen LogP contribution >= 0.6 is 15.9 Å². The lowest BCUT2D eigenvalue weighted by molar-refractivity contribution is -0.120. The van der Waals surface area contributed by atoms with Crippen molar-refractivity contribution in [3.63, 3.8) is 0 Å². The summed E-state index contributed by atoms with van der Waals surface area (Å²) in [6.07, 6.45) is 1.21. The Kier molecular flexibility index (Phi) is 8.38. The highest BCUT2D eigenvalue weighted by molar-refractivity contribution is 9.10. The van der Waals surface area contributed by atoms with E-state index in [0.29, 0.717) is 25.4 Å². The number of amides is 1. The van der Waals surface area contributed by atoms with Gasteiger partial charge in [-0.1, -0.05) is 29.8 Å². The van der Waals surface area contributed by atoms with E-state index in [0.717, 1.165) is 28.9 Å². The molecule has 0 unspecified atom stereocenters. The molecule has 0 heterocycles. The highest BCUT2D eigenvalue weighted by atomic mass is 79.9. The van der Waals surface area contributed by atoms with Crippen LogP contribution in [-0.4, -0.2) is 26.1 Å². The molecule has 0 atom stereocenters. The summed E-state index contributed by atoms with van der Waals surface area (Å²) in [4.78, 5) is 11.2. The van der Waals surface area contributed by atoms with E-state index >= 15 is 0 Å². The lowest BCUT2D eigenvalue weighted by atomic mass is 10.2. The van der Waals surface area contributed by atoms with Crippen LogP contribution in [-0.2, 0) is 11.3 Å². The topological polar surface area (TPSA) is 50.4 Å². The summed E-state index contributed by atoms with van der Waals surface area (Å²) >= 11 is 3.49. The molecular weight excluding hydrogens is 332 g/mol. The van der Waals surface area contributed by atoms with E-state index in [1.165, 1.54) is 0 Å². The number of halogens is 1. The van der Waals surface area contributed by atoms with Crippen LogP contribution in [0.5, 0.6) is 5.75 Å². The number of rotatable bonds is 9. The lowest BCUT2D eigenvalue weighted by Gasteiger charge is -2.13. The molecule has 118 valence electrons. The van der Waals surface area contributed by atoms with Crippen molar-refractivity contribution < 1.29 is 9.53 Å². The normalized spacial score (nSPS) is 10.7. The Morgan fingerprint density at radius 1 is 1.38 bits per heavy atom. The molecule has 0 saturated heterocycles. The van der Waals surface area contributed by atoms with Gasteiger partial charge in [-0.25, -0.2) is 0 Å². The molecule has 0 aliphatic rings. The third-order valence-corrected chi connectivity index (χ3v) is 3.47. The highest BCUT2D eigenvalue weighted by Crippen LogP contribution is 2.23. The van der Waals surface area contributed by atoms with Gasteiger partial charge in [-0.3, -0.25) is 4.79 Å². The van der Waals surface area contributed by atoms with Gasteiger partial charge in [0.1, 0.15) is 5.75 Å². The number of benzene rings is 1. The van der Waals surface area contributed by atoms with Crippen LogP contribution < -0.4 is 15.4 Å². The monoisotopic (exact) mass is 356 g/mol. The Bertz CT molecular complexity index is 450. The van der Waals surface area contributed by atoms with Crippen molar-refractivity contribution in [1.82, 2.24) is 10.6 Å². The molecular formula is C16H25BrN2O2. The Hall–Kier alpha value is -1.07. The molecule has 1 aromatic rings. The Morgan fingerprint density at radius 3 is 2.81 bits per heavy atom. The molecule has 1 amide bonds. The summed E-state index contributed by atoms with van der Waals surface area (Å²) < 4.78 is 6.85. The number of hydrogen-bond donors (Lipinski definition) is 2. The molecule has 0 aromatic heterocycles. The largest absolute Gasteiger partial charge is 0.493 e. The van der Waals surface area contributed by atoms with Gasteiger partial charge < -0.3 is 15.4 Å². The lowest BCUT2D eigenvalue weighted by Crippen LogP contribution is -2.20. The molecule has 0 bridgehead atoms. The average molecular weight is 357 g/mol. The maximum atomic E-state index is 11.2. The summed E-state index contributed by atoms with van der Waals surface area (Å²) in [6, 6.07) is 6.01. The van der Waals surface area contributed by atoms with Gasteiger partial charge in [0.25, 0.3) is 0 Å². The van der Waals surface area contributed by atoms with Gasteiger partial charge in [0.05, 0.1) is 6.61 Å². The molecule has 21 heavy (non-hydrogen) atoms. The number of ether oxygens (including phenoxy) is 1. The number of hydrogen-bond acceptors (Lipinski definition) is 3. The van der Waals surface area contributed by atoms with Crippen LogP contribution in [0.1, 0.15) is 32.3 Å². The fourth-order valence-corrected chi connectivity index (χ4v) is 2.27. The Balaban J connectivity index is 2.49. The first-order valence-electron chi connectivity index (χ1n) is 7.35. The second kappa shape index (κ2) is 9.79. The van der Waals surface area contributed by atoms with Crippen LogP contribution in [0, 0.1) is 5.92 Å². The zero-order chi connectivity index (χ0) is 15.7. The summed E-state index contributed by atoms with van der Waals surface area (Å²) in [7, 11) is 1.65. The fourth-order valence-electron chi connectivity index (χ4n) is 1.86. The minimum absolute atomic E-state index is 0.0493. The molecule has 2 N–H and O–H groups in total. The summed E-state index contributed by atoms with van der Waals surface area (Å²) in [5.41, 5.74) is 1.13. The highest BCUT2D eigenvalue weighted by Gasteiger charge is 2.06. The van der Waals surface area contributed by atoms with Crippen LogP contribution in [0.2, 0.25) is 0 Å². The van der Waals surface area contributed by atoms with Gasteiger partial charge in [-0.15, -0.1) is 0 Å². The molecule has 1 rings (SSSR count). The maximum Gasteiger partial charge on any atom is 0.219 e. The molecule has 0 aliphatic carbocycles. The SMILES string of the molecule is CNC(=O)CCCOc1ccc(Br)cc1CNCC(C)C. The van der Waals surface area contributed by atoms with Gasteiger partial charge in [-0.05, 0) is 37.1 Å². The van der Waals surface area contributed by atoms with Crippen molar-refractivity contribution in [2.45, 2.75) is 33.2 Å². The zero-order valence-electron chi connectivity index (χ0n) is 13.0. The molecule has 5 heteroatoms. The first-order valence-corrected chi connectivity index (χ1v) is 8.14. The molecule has 1 aromatic carbocycles. The quantitative estimate of drug-likeness (QED) is 0.668. The van der Waals surface area contributed by atoms with Gasteiger partial charge in [-0.2, -0.15) is 0 Å².